The summed E-state index contributed by atoms with van der Waals surface area (Å²) in [6.45, 7) is 0. The molecule has 0 saturated heterocycles. The zero-order valence-corrected chi connectivity index (χ0v) is 16.9. The molecular weight excluding hydrogens is 388 g/mol. The van der Waals surface area contributed by atoms with E-state index < -0.39 is 11.8 Å². The number of hydrogen-bond acceptors (Lipinski definition) is 6. The van der Waals surface area contributed by atoms with E-state index in [4.69, 9.17) is 24.4 Å². The van der Waals surface area contributed by atoms with Gasteiger partial charge in [-0.05, 0) is 48.5 Å². The standard InChI is InChI=1S/C22H22N2O6/c1-27-15-5-8-18(28-2)14(10-15)11-16-6-9-20(30-16)22(26)24-17-12-13(21(23)25)4-7-19(17)29-3/h4-10,12H,11H2,1-3H3,(H2,23,25)(H,24,26). The molecule has 0 aliphatic heterocycles. The Balaban J connectivity index is 1.79. The van der Waals surface area contributed by atoms with Crippen molar-refractivity contribution in [3.63, 3.8) is 0 Å². The van der Waals surface area contributed by atoms with Crippen molar-refractivity contribution in [3.05, 3.63) is 71.2 Å². The molecule has 1 aromatic heterocycles. The van der Waals surface area contributed by atoms with Crippen molar-refractivity contribution in [2.75, 3.05) is 26.6 Å². The minimum Gasteiger partial charge on any atom is -0.497 e. The maximum absolute atomic E-state index is 12.6. The number of carbonyl (C=O) groups is 2. The highest BCUT2D eigenvalue weighted by Gasteiger charge is 2.16. The highest BCUT2D eigenvalue weighted by molar-refractivity contribution is 6.04. The van der Waals surface area contributed by atoms with Crippen LogP contribution in [0.25, 0.3) is 0 Å². The maximum Gasteiger partial charge on any atom is 0.291 e. The Hall–Kier alpha value is -3.94. The van der Waals surface area contributed by atoms with Crippen LogP contribution < -0.4 is 25.3 Å². The fourth-order valence-corrected chi connectivity index (χ4v) is 2.95. The van der Waals surface area contributed by atoms with E-state index in [1.807, 2.05) is 12.1 Å². The van der Waals surface area contributed by atoms with Crippen molar-refractivity contribution in [1.82, 2.24) is 0 Å². The first-order valence-electron chi connectivity index (χ1n) is 9.04. The summed E-state index contributed by atoms with van der Waals surface area (Å²) in [4.78, 5) is 24.0. The van der Waals surface area contributed by atoms with Crippen LogP contribution in [0.2, 0.25) is 0 Å². The van der Waals surface area contributed by atoms with Gasteiger partial charge in [0.15, 0.2) is 5.76 Å². The Labute approximate surface area is 173 Å². The highest BCUT2D eigenvalue weighted by atomic mass is 16.5. The largest absolute Gasteiger partial charge is 0.497 e. The van der Waals surface area contributed by atoms with Crippen LogP contribution in [0.5, 0.6) is 17.2 Å². The Bertz CT molecular complexity index is 1070. The van der Waals surface area contributed by atoms with Gasteiger partial charge in [0.25, 0.3) is 5.91 Å². The first-order valence-corrected chi connectivity index (χ1v) is 9.04. The number of nitrogens with two attached hydrogens (primary N) is 1. The minimum atomic E-state index is -0.610. The average Bonchev–Trinajstić information content (AvgIpc) is 3.22. The van der Waals surface area contributed by atoms with E-state index in [0.29, 0.717) is 35.1 Å². The molecular formula is C22H22N2O6. The molecule has 3 aromatic rings. The van der Waals surface area contributed by atoms with Crippen molar-refractivity contribution in [3.8, 4) is 17.2 Å². The molecule has 0 fully saturated rings. The molecule has 1 heterocycles. The summed E-state index contributed by atoms with van der Waals surface area (Å²) in [5.41, 5.74) is 6.72. The van der Waals surface area contributed by atoms with E-state index in [9.17, 15) is 9.59 Å². The Morgan fingerprint density at radius 1 is 0.933 bits per heavy atom. The van der Waals surface area contributed by atoms with E-state index in [1.165, 1.54) is 19.2 Å². The summed E-state index contributed by atoms with van der Waals surface area (Å²) in [5, 5.41) is 2.68. The van der Waals surface area contributed by atoms with E-state index in [-0.39, 0.29) is 11.3 Å². The van der Waals surface area contributed by atoms with Crippen LogP contribution in [0.3, 0.4) is 0 Å². The second-order valence-corrected chi connectivity index (χ2v) is 6.35. The zero-order chi connectivity index (χ0) is 21.7. The van der Waals surface area contributed by atoms with Gasteiger partial charge < -0.3 is 29.7 Å². The third kappa shape index (κ3) is 4.54. The number of anilines is 1. The van der Waals surface area contributed by atoms with Crippen LogP contribution in [-0.2, 0) is 6.42 Å². The topological polar surface area (TPSA) is 113 Å². The number of carbonyl (C=O) groups excluding carboxylic acids is 2. The van der Waals surface area contributed by atoms with Crippen LogP contribution in [0, 0.1) is 0 Å². The van der Waals surface area contributed by atoms with Crippen molar-refractivity contribution < 1.29 is 28.2 Å². The predicted molar refractivity (Wildman–Crippen MR) is 111 cm³/mol. The molecule has 0 aliphatic rings. The van der Waals surface area contributed by atoms with Gasteiger partial charge in [-0.15, -0.1) is 0 Å². The van der Waals surface area contributed by atoms with E-state index >= 15 is 0 Å². The Morgan fingerprint density at radius 3 is 2.33 bits per heavy atom. The molecule has 2 aromatic carbocycles. The lowest BCUT2D eigenvalue weighted by atomic mass is 10.1. The molecule has 0 aliphatic carbocycles. The van der Waals surface area contributed by atoms with Gasteiger partial charge in [0.2, 0.25) is 5.91 Å². The van der Waals surface area contributed by atoms with Gasteiger partial charge in [-0.1, -0.05) is 0 Å². The first-order chi connectivity index (χ1) is 14.4. The van der Waals surface area contributed by atoms with Gasteiger partial charge in [0, 0.05) is 17.5 Å². The zero-order valence-electron chi connectivity index (χ0n) is 16.9. The smallest absolute Gasteiger partial charge is 0.291 e. The van der Waals surface area contributed by atoms with Crippen molar-refractivity contribution in [1.29, 1.82) is 0 Å². The van der Waals surface area contributed by atoms with Crippen LogP contribution in [0.15, 0.2) is 52.9 Å². The van der Waals surface area contributed by atoms with Crippen LogP contribution in [0.4, 0.5) is 5.69 Å². The van der Waals surface area contributed by atoms with Crippen molar-refractivity contribution in [2.45, 2.75) is 6.42 Å². The van der Waals surface area contributed by atoms with Gasteiger partial charge >= 0.3 is 0 Å². The van der Waals surface area contributed by atoms with Gasteiger partial charge in [-0.3, -0.25) is 9.59 Å². The Morgan fingerprint density at radius 2 is 1.67 bits per heavy atom. The Kier molecular flexibility index (Phi) is 6.26. The van der Waals surface area contributed by atoms with Crippen LogP contribution in [0.1, 0.15) is 32.2 Å². The predicted octanol–water partition coefficient (Wildman–Crippen LogP) is 3.25. The third-order valence-electron chi connectivity index (χ3n) is 4.47. The number of nitrogens with one attached hydrogen (secondary N) is 1. The summed E-state index contributed by atoms with van der Waals surface area (Å²) in [6.07, 6.45) is 0.411. The number of amides is 2. The molecule has 8 nitrogen and oxygen atoms in total. The monoisotopic (exact) mass is 410 g/mol. The summed E-state index contributed by atoms with van der Waals surface area (Å²) in [7, 11) is 4.63. The highest BCUT2D eigenvalue weighted by Crippen LogP contribution is 2.28. The molecule has 0 unspecified atom stereocenters. The molecule has 3 rings (SSSR count). The van der Waals surface area contributed by atoms with Gasteiger partial charge in [0.05, 0.1) is 27.0 Å². The fourth-order valence-electron chi connectivity index (χ4n) is 2.95. The van der Waals surface area contributed by atoms with E-state index in [1.54, 1.807) is 38.5 Å². The summed E-state index contributed by atoms with van der Waals surface area (Å²) < 4.78 is 21.6. The van der Waals surface area contributed by atoms with E-state index in [0.717, 1.165) is 5.56 Å². The number of furan rings is 1. The molecule has 0 saturated carbocycles. The molecule has 30 heavy (non-hydrogen) atoms. The molecule has 0 atom stereocenters. The number of rotatable bonds is 8. The molecule has 156 valence electrons. The third-order valence-corrected chi connectivity index (χ3v) is 4.47. The lowest BCUT2D eigenvalue weighted by Crippen LogP contribution is -2.15. The second-order valence-electron chi connectivity index (χ2n) is 6.35. The lowest BCUT2D eigenvalue weighted by Gasteiger charge is -2.10. The number of hydrogen-bond donors (Lipinski definition) is 2. The summed E-state index contributed by atoms with van der Waals surface area (Å²) in [6, 6.07) is 13.3. The number of ether oxygens (including phenoxy) is 3. The SMILES string of the molecule is COc1ccc(OC)c(Cc2ccc(C(=O)Nc3cc(C(N)=O)ccc3OC)o2)c1. The second kappa shape index (κ2) is 9.04. The molecule has 3 N–H and O–H groups in total. The lowest BCUT2D eigenvalue weighted by molar-refractivity contribution is 0.0987. The van der Waals surface area contributed by atoms with Crippen LogP contribution in [-0.4, -0.2) is 33.1 Å². The molecule has 8 heteroatoms. The number of primary amides is 1. The minimum absolute atomic E-state index is 0.110. The fraction of sp³-hybridized carbons (Fsp3) is 0.182. The van der Waals surface area contributed by atoms with E-state index in [2.05, 4.69) is 5.32 Å². The van der Waals surface area contributed by atoms with Gasteiger partial charge in [-0.2, -0.15) is 0 Å². The number of benzene rings is 2. The molecule has 2 amide bonds. The molecule has 0 bridgehead atoms. The number of methoxy groups -OCH3 is 3. The average molecular weight is 410 g/mol. The molecule has 0 radical (unpaired) electrons. The first kappa shape index (κ1) is 20.8. The maximum atomic E-state index is 12.6. The van der Waals surface area contributed by atoms with Crippen molar-refractivity contribution in [2.24, 2.45) is 5.73 Å². The summed E-state index contributed by atoms with van der Waals surface area (Å²) >= 11 is 0. The van der Waals surface area contributed by atoms with Gasteiger partial charge in [0.1, 0.15) is 23.0 Å². The quantitative estimate of drug-likeness (QED) is 0.589. The van der Waals surface area contributed by atoms with Crippen LogP contribution >= 0.6 is 0 Å². The summed E-state index contributed by atoms with van der Waals surface area (Å²) in [5.74, 6) is 1.35. The molecule has 0 spiro atoms. The van der Waals surface area contributed by atoms with Crippen molar-refractivity contribution >= 4 is 17.5 Å². The normalized spacial score (nSPS) is 10.4. The van der Waals surface area contributed by atoms with Gasteiger partial charge in [-0.25, -0.2) is 0 Å².